The molecule has 0 atom stereocenters. The number of halogens is 3. The highest BCUT2D eigenvalue weighted by molar-refractivity contribution is 5.93. The fourth-order valence-electron chi connectivity index (χ4n) is 3.07. The van der Waals surface area contributed by atoms with E-state index in [0.29, 0.717) is 11.4 Å². The molecule has 0 aromatic heterocycles. The second-order valence-corrected chi connectivity index (χ2v) is 6.57. The summed E-state index contributed by atoms with van der Waals surface area (Å²) in [6.07, 6.45) is -1.05. The molecule has 1 amide bonds. The SMILES string of the molecule is O=C(CNc1ccc(OC(F)(F)F)cc1)Nc1ccc(N2CCCCC2)cc1. The zero-order valence-electron chi connectivity index (χ0n) is 15.3. The maximum absolute atomic E-state index is 12.1. The van der Waals surface area contributed by atoms with E-state index in [4.69, 9.17) is 0 Å². The average molecular weight is 393 g/mol. The van der Waals surface area contributed by atoms with Crippen molar-refractivity contribution in [2.45, 2.75) is 25.6 Å². The summed E-state index contributed by atoms with van der Waals surface area (Å²) in [5, 5.41) is 5.65. The molecular formula is C20H22F3N3O2. The number of ether oxygens (including phenoxy) is 1. The third-order valence-corrected chi connectivity index (χ3v) is 4.41. The van der Waals surface area contributed by atoms with Crippen LogP contribution in [0.2, 0.25) is 0 Å². The number of hydrogen-bond donors (Lipinski definition) is 2. The first-order valence-electron chi connectivity index (χ1n) is 9.14. The molecule has 28 heavy (non-hydrogen) atoms. The van der Waals surface area contributed by atoms with E-state index in [1.807, 2.05) is 24.3 Å². The molecule has 1 aliphatic rings. The van der Waals surface area contributed by atoms with Crippen molar-refractivity contribution in [3.8, 4) is 5.75 Å². The van der Waals surface area contributed by atoms with Gasteiger partial charge < -0.3 is 20.3 Å². The quantitative estimate of drug-likeness (QED) is 0.752. The number of benzene rings is 2. The van der Waals surface area contributed by atoms with Gasteiger partial charge in [0.15, 0.2) is 0 Å². The number of piperidine rings is 1. The van der Waals surface area contributed by atoms with E-state index in [1.54, 1.807) is 0 Å². The Balaban J connectivity index is 1.46. The van der Waals surface area contributed by atoms with E-state index in [9.17, 15) is 18.0 Å². The van der Waals surface area contributed by atoms with Crippen LogP contribution < -0.4 is 20.3 Å². The van der Waals surface area contributed by atoms with Crippen LogP contribution in [0.1, 0.15) is 19.3 Å². The van der Waals surface area contributed by atoms with Crippen molar-refractivity contribution in [2.24, 2.45) is 0 Å². The third kappa shape index (κ3) is 6.07. The van der Waals surface area contributed by atoms with Gasteiger partial charge in [0.05, 0.1) is 6.54 Å². The van der Waals surface area contributed by atoms with Crippen molar-refractivity contribution < 1.29 is 22.7 Å². The molecule has 3 rings (SSSR count). The van der Waals surface area contributed by atoms with Gasteiger partial charge in [-0.15, -0.1) is 13.2 Å². The summed E-state index contributed by atoms with van der Waals surface area (Å²) in [5.41, 5.74) is 2.36. The molecule has 0 unspecified atom stereocenters. The number of amides is 1. The Hall–Kier alpha value is -2.90. The minimum Gasteiger partial charge on any atom is -0.406 e. The Kier molecular flexibility index (Phi) is 6.28. The first-order chi connectivity index (χ1) is 13.4. The van der Waals surface area contributed by atoms with Gasteiger partial charge in [0, 0.05) is 30.2 Å². The highest BCUT2D eigenvalue weighted by Crippen LogP contribution is 2.24. The fraction of sp³-hybridized carbons (Fsp3) is 0.350. The summed E-state index contributed by atoms with van der Waals surface area (Å²) in [6, 6.07) is 12.9. The summed E-state index contributed by atoms with van der Waals surface area (Å²) in [7, 11) is 0. The van der Waals surface area contributed by atoms with Crippen LogP contribution in [-0.2, 0) is 4.79 Å². The molecule has 0 radical (unpaired) electrons. The van der Waals surface area contributed by atoms with E-state index in [-0.39, 0.29) is 18.2 Å². The lowest BCUT2D eigenvalue weighted by molar-refractivity contribution is -0.274. The van der Waals surface area contributed by atoms with Gasteiger partial charge in [0.25, 0.3) is 0 Å². The monoisotopic (exact) mass is 393 g/mol. The summed E-state index contributed by atoms with van der Waals surface area (Å²) in [4.78, 5) is 14.4. The third-order valence-electron chi connectivity index (χ3n) is 4.41. The molecule has 150 valence electrons. The number of alkyl halides is 3. The largest absolute Gasteiger partial charge is 0.573 e. The highest BCUT2D eigenvalue weighted by atomic mass is 19.4. The summed E-state index contributed by atoms with van der Waals surface area (Å²) in [5.74, 6) is -0.558. The van der Waals surface area contributed by atoms with Crippen molar-refractivity contribution in [1.82, 2.24) is 0 Å². The average Bonchev–Trinajstić information content (AvgIpc) is 2.68. The second kappa shape index (κ2) is 8.86. The smallest absolute Gasteiger partial charge is 0.406 e. The van der Waals surface area contributed by atoms with Crippen LogP contribution in [-0.4, -0.2) is 31.9 Å². The molecular weight excluding hydrogens is 371 g/mol. The highest BCUT2D eigenvalue weighted by Gasteiger charge is 2.30. The maximum atomic E-state index is 12.1. The van der Waals surface area contributed by atoms with Gasteiger partial charge in [-0.05, 0) is 67.8 Å². The number of anilines is 3. The van der Waals surface area contributed by atoms with Crippen LogP contribution in [0.4, 0.5) is 30.2 Å². The van der Waals surface area contributed by atoms with Crippen LogP contribution >= 0.6 is 0 Å². The van der Waals surface area contributed by atoms with E-state index in [0.717, 1.165) is 18.8 Å². The van der Waals surface area contributed by atoms with Gasteiger partial charge >= 0.3 is 6.36 Å². The first kappa shape index (κ1) is 19.9. The number of rotatable bonds is 6. The Morgan fingerprint density at radius 1 is 0.929 bits per heavy atom. The Bertz CT molecular complexity index is 771. The van der Waals surface area contributed by atoms with E-state index < -0.39 is 6.36 Å². The lowest BCUT2D eigenvalue weighted by Crippen LogP contribution is -2.29. The molecule has 0 spiro atoms. The van der Waals surface area contributed by atoms with Crippen LogP contribution in [0.5, 0.6) is 5.75 Å². The van der Waals surface area contributed by atoms with Gasteiger partial charge in [-0.3, -0.25) is 4.79 Å². The summed E-state index contributed by atoms with van der Waals surface area (Å²) in [6.45, 7) is 2.11. The van der Waals surface area contributed by atoms with E-state index >= 15 is 0 Å². The Morgan fingerprint density at radius 3 is 2.14 bits per heavy atom. The Morgan fingerprint density at radius 2 is 1.54 bits per heavy atom. The molecule has 5 nitrogen and oxygen atoms in total. The molecule has 2 aromatic rings. The van der Waals surface area contributed by atoms with Crippen molar-refractivity contribution in [3.63, 3.8) is 0 Å². The zero-order valence-corrected chi connectivity index (χ0v) is 15.3. The number of nitrogens with zero attached hydrogens (tertiary/aromatic N) is 1. The van der Waals surface area contributed by atoms with Crippen molar-refractivity contribution in [3.05, 3.63) is 48.5 Å². The standard InChI is InChI=1S/C20H22F3N3O2/c21-20(22,23)28-18-10-6-15(7-11-18)24-14-19(27)25-16-4-8-17(9-5-16)26-12-2-1-3-13-26/h4-11,24H,1-3,12-14H2,(H,25,27). The topological polar surface area (TPSA) is 53.6 Å². The molecule has 1 aliphatic heterocycles. The summed E-state index contributed by atoms with van der Waals surface area (Å²) < 4.78 is 40.2. The van der Waals surface area contributed by atoms with Crippen molar-refractivity contribution in [1.29, 1.82) is 0 Å². The molecule has 1 fully saturated rings. The van der Waals surface area contributed by atoms with Gasteiger partial charge in [0.2, 0.25) is 5.91 Å². The van der Waals surface area contributed by atoms with Gasteiger partial charge in [-0.25, -0.2) is 0 Å². The molecule has 2 N–H and O–H groups in total. The zero-order chi connectivity index (χ0) is 20.0. The van der Waals surface area contributed by atoms with Crippen LogP contribution in [0.3, 0.4) is 0 Å². The van der Waals surface area contributed by atoms with E-state index in [2.05, 4.69) is 20.3 Å². The van der Waals surface area contributed by atoms with Crippen LogP contribution in [0, 0.1) is 0 Å². The molecule has 0 saturated carbocycles. The number of hydrogen-bond acceptors (Lipinski definition) is 4. The summed E-state index contributed by atoms with van der Waals surface area (Å²) >= 11 is 0. The maximum Gasteiger partial charge on any atom is 0.573 e. The number of carbonyl (C=O) groups excluding carboxylic acids is 1. The van der Waals surface area contributed by atoms with Crippen LogP contribution in [0.15, 0.2) is 48.5 Å². The number of carbonyl (C=O) groups is 1. The first-order valence-corrected chi connectivity index (χ1v) is 9.14. The predicted octanol–water partition coefficient (Wildman–Crippen LogP) is 4.63. The molecule has 0 aliphatic carbocycles. The fourth-order valence-corrected chi connectivity index (χ4v) is 3.07. The van der Waals surface area contributed by atoms with E-state index in [1.165, 1.54) is 43.5 Å². The minimum atomic E-state index is -4.72. The van der Waals surface area contributed by atoms with Gasteiger partial charge in [-0.1, -0.05) is 0 Å². The minimum absolute atomic E-state index is 0.00660. The molecule has 1 heterocycles. The van der Waals surface area contributed by atoms with Crippen LogP contribution in [0.25, 0.3) is 0 Å². The van der Waals surface area contributed by atoms with Gasteiger partial charge in [0.1, 0.15) is 5.75 Å². The lowest BCUT2D eigenvalue weighted by Gasteiger charge is -2.28. The van der Waals surface area contributed by atoms with Crippen molar-refractivity contribution in [2.75, 3.05) is 35.2 Å². The molecule has 2 aromatic carbocycles. The molecule has 8 heteroatoms. The Labute approximate surface area is 161 Å². The second-order valence-electron chi connectivity index (χ2n) is 6.57. The lowest BCUT2D eigenvalue weighted by atomic mass is 10.1. The molecule has 0 bridgehead atoms. The predicted molar refractivity (Wildman–Crippen MR) is 103 cm³/mol. The van der Waals surface area contributed by atoms with Gasteiger partial charge in [-0.2, -0.15) is 0 Å². The normalized spacial score (nSPS) is 14.5. The van der Waals surface area contributed by atoms with Crippen molar-refractivity contribution >= 4 is 23.0 Å². The molecule has 1 saturated heterocycles. The number of nitrogens with one attached hydrogen (secondary N) is 2.